The Hall–Kier alpha value is -0.750. The van der Waals surface area contributed by atoms with Crippen molar-refractivity contribution in [3.63, 3.8) is 0 Å². The van der Waals surface area contributed by atoms with E-state index in [4.69, 9.17) is 5.11 Å². The number of thioether (sulfide) groups is 2. The summed E-state index contributed by atoms with van der Waals surface area (Å²) in [5.41, 5.74) is 1.36. The summed E-state index contributed by atoms with van der Waals surface area (Å²) in [4.78, 5) is 20.0. The fourth-order valence-electron chi connectivity index (χ4n) is 2.11. The van der Waals surface area contributed by atoms with Gasteiger partial charge in [0.2, 0.25) is 0 Å². The van der Waals surface area contributed by atoms with Gasteiger partial charge >= 0.3 is 5.97 Å². The maximum atomic E-state index is 11.1. The molecule has 0 radical (unpaired) electrons. The first-order valence-corrected chi connectivity index (χ1v) is 8.24. The molecular weight excluding hydrogens is 280 g/mol. The molecule has 0 bridgehead atoms. The molecule has 1 fully saturated rings. The fraction of sp³-hybridized carbons (Fsp3) is 0.615. The van der Waals surface area contributed by atoms with E-state index >= 15 is 0 Å². The Morgan fingerprint density at radius 3 is 2.26 bits per heavy atom. The molecule has 0 saturated carbocycles. The van der Waals surface area contributed by atoms with Crippen LogP contribution in [0.15, 0.2) is 0 Å². The van der Waals surface area contributed by atoms with Crippen LogP contribution in [0.4, 0.5) is 0 Å². The lowest BCUT2D eigenvalue weighted by atomic mass is 10.1. The summed E-state index contributed by atoms with van der Waals surface area (Å²) in [5.74, 6) is 0.812. The summed E-state index contributed by atoms with van der Waals surface area (Å²) in [6.07, 6.45) is 0. The highest BCUT2D eigenvalue weighted by molar-refractivity contribution is 8.07. The Bertz CT molecular complexity index is 484. The van der Waals surface area contributed by atoms with Crippen molar-refractivity contribution in [3.05, 3.63) is 22.8 Å². The molecule has 4 nitrogen and oxygen atoms in total. The van der Waals surface area contributed by atoms with E-state index in [9.17, 15) is 4.79 Å². The van der Waals surface area contributed by atoms with Crippen LogP contribution >= 0.6 is 23.5 Å². The molecule has 1 aliphatic rings. The van der Waals surface area contributed by atoms with Crippen molar-refractivity contribution in [2.24, 2.45) is 0 Å². The zero-order valence-corrected chi connectivity index (χ0v) is 13.1. The second-order valence-corrected chi connectivity index (χ2v) is 7.80. The van der Waals surface area contributed by atoms with Crippen molar-refractivity contribution < 1.29 is 9.90 Å². The van der Waals surface area contributed by atoms with E-state index in [1.807, 2.05) is 23.5 Å². The lowest BCUT2D eigenvalue weighted by Gasteiger charge is -2.30. The molecule has 1 saturated heterocycles. The van der Waals surface area contributed by atoms with Crippen molar-refractivity contribution in [3.8, 4) is 0 Å². The number of aromatic nitrogens is 2. The smallest absolute Gasteiger partial charge is 0.339 e. The van der Waals surface area contributed by atoms with Crippen LogP contribution in [0.1, 0.15) is 46.7 Å². The molecule has 2 heterocycles. The molecule has 1 aliphatic heterocycles. The van der Waals surface area contributed by atoms with Gasteiger partial charge in [0.15, 0.2) is 0 Å². The zero-order chi connectivity index (χ0) is 14.2. The molecule has 6 heteroatoms. The third-order valence-corrected chi connectivity index (χ3v) is 6.73. The Kier molecular flexibility index (Phi) is 4.40. The molecule has 0 aromatic carbocycles. The minimum Gasteiger partial charge on any atom is -0.478 e. The molecule has 1 aromatic heterocycles. The predicted molar refractivity (Wildman–Crippen MR) is 80.2 cm³/mol. The molecule has 0 amide bonds. The number of carbonyl (C=O) groups is 1. The molecule has 1 aromatic rings. The van der Waals surface area contributed by atoms with Gasteiger partial charge in [0.1, 0.15) is 11.4 Å². The summed E-state index contributed by atoms with van der Waals surface area (Å²) in [5, 5.41) is 10.6. The number of hydrogen-bond acceptors (Lipinski definition) is 5. The standard InChI is InChI=1S/C13H18N2O2S2/c1-6-11(13(16)17)7(2)15-12(14-6)10-5-18-8(3)9(4)19-10/h8-10H,5H2,1-4H3,(H,16,17). The topological polar surface area (TPSA) is 63.1 Å². The van der Waals surface area contributed by atoms with Crippen molar-refractivity contribution >= 4 is 29.5 Å². The summed E-state index contributed by atoms with van der Waals surface area (Å²) in [6.45, 7) is 7.95. The highest BCUT2D eigenvalue weighted by atomic mass is 32.2. The highest BCUT2D eigenvalue weighted by Crippen LogP contribution is 2.43. The average Bonchev–Trinajstić information content (AvgIpc) is 2.31. The van der Waals surface area contributed by atoms with Gasteiger partial charge in [-0.3, -0.25) is 0 Å². The average molecular weight is 298 g/mol. The number of carboxylic acids is 1. The van der Waals surface area contributed by atoms with Gasteiger partial charge < -0.3 is 5.11 Å². The van der Waals surface area contributed by atoms with Crippen molar-refractivity contribution in [2.45, 2.75) is 43.4 Å². The molecule has 19 heavy (non-hydrogen) atoms. The number of hydrogen-bond donors (Lipinski definition) is 1. The first-order chi connectivity index (χ1) is 8.90. The van der Waals surface area contributed by atoms with Crippen LogP contribution in [-0.2, 0) is 0 Å². The summed E-state index contributed by atoms with van der Waals surface area (Å²) in [7, 11) is 0. The van der Waals surface area contributed by atoms with Gasteiger partial charge in [0.25, 0.3) is 0 Å². The van der Waals surface area contributed by atoms with Gasteiger partial charge in [0, 0.05) is 16.3 Å². The molecule has 0 aliphatic carbocycles. The van der Waals surface area contributed by atoms with Crippen molar-refractivity contribution in [2.75, 3.05) is 5.75 Å². The summed E-state index contributed by atoms with van der Waals surface area (Å²) in [6, 6.07) is 0. The van der Waals surface area contributed by atoms with Gasteiger partial charge in [-0.05, 0) is 13.8 Å². The number of nitrogens with zero attached hydrogens (tertiary/aromatic N) is 2. The lowest BCUT2D eigenvalue weighted by molar-refractivity contribution is 0.0694. The van der Waals surface area contributed by atoms with Crippen LogP contribution in [0, 0.1) is 13.8 Å². The number of rotatable bonds is 2. The van der Waals surface area contributed by atoms with Gasteiger partial charge in [-0.1, -0.05) is 13.8 Å². The maximum Gasteiger partial charge on any atom is 0.339 e. The van der Waals surface area contributed by atoms with Crippen LogP contribution in [0.3, 0.4) is 0 Å². The normalized spacial score (nSPS) is 27.3. The molecular formula is C13H18N2O2S2. The predicted octanol–water partition coefficient (Wildman–Crippen LogP) is 3.09. The Labute approximate surface area is 121 Å². The third-order valence-electron chi connectivity index (χ3n) is 3.34. The second-order valence-electron chi connectivity index (χ2n) is 4.80. The Morgan fingerprint density at radius 1 is 1.21 bits per heavy atom. The van der Waals surface area contributed by atoms with Crippen LogP contribution in [0.5, 0.6) is 0 Å². The lowest BCUT2D eigenvalue weighted by Crippen LogP contribution is -2.23. The molecule has 0 spiro atoms. The highest BCUT2D eigenvalue weighted by Gasteiger charge is 2.29. The van der Waals surface area contributed by atoms with Crippen molar-refractivity contribution in [1.29, 1.82) is 0 Å². The molecule has 2 rings (SSSR count). The van der Waals surface area contributed by atoms with Gasteiger partial charge in [-0.25, -0.2) is 14.8 Å². The van der Waals surface area contributed by atoms with E-state index in [0.717, 1.165) is 11.6 Å². The molecule has 104 valence electrons. The van der Waals surface area contributed by atoms with Crippen LogP contribution < -0.4 is 0 Å². The van der Waals surface area contributed by atoms with E-state index < -0.39 is 5.97 Å². The van der Waals surface area contributed by atoms with Crippen LogP contribution in [-0.4, -0.2) is 37.3 Å². The van der Waals surface area contributed by atoms with Crippen LogP contribution in [0.25, 0.3) is 0 Å². The SMILES string of the molecule is Cc1nc(C2CSC(C)C(C)S2)nc(C)c1C(=O)O. The molecule has 3 atom stereocenters. The molecule has 1 N–H and O–H groups in total. The minimum absolute atomic E-state index is 0.235. The second kappa shape index (κ2) is 5.71. The Morgan fingerprint density at radius 2 is 1.79 bits per heavy atom. The first kappa shape index (κ1) is 14.7. The summed E-state index contributed by atoms with van der Waals surface area (Å²) >= 11 is 3.82. The maximum absolute atomic E-state index is 11.1. The van der Waals surface area contributed by atoms with E-state index in [2.05, 4.69) is 23.8 Å². The number of carboxylic acid groups (broad SMARTS) is 1. The number of aryl methyl sites for hydroxylation is 2. The van der Waals surface area contributed by atoms with E-state index in [1.54, 1.807) is 13.8 Å². The zero-order valence-electron chi connectivity index (χ0n) is 11.5. The third kappa shape index (κ3) is 3.05. The monoisotopic (exact) mass is 298 g/mol. The Balaban J connectivity index is 2.29. The van der Waals surface area contributed by atoms with Crippen LogP contribution in [0.2, 0.25) is 0 Å². The largest absolute Gasteiger partial charge is 0.478 e. The van der Waals surface area contributed by atoms with E-state index in [1.165, 1.54) is 0 Å². The first-order valence-electron chi connectivity index (χ1n) is 6.25. The minimum atomic E-state index is -0.950. The van der Waals surface area contributed by atoms with E-state index in [0.29, 0.717) is 21.9 Å². The fourth-order valence-corrected chi connectivity index (χ4v) is 4.96. The summed E-state index contributed by atoms with van der Waals surface area (Å²) < 4.78 is 0. The van der Waals surface area contributed by atoms with Gasteiger partial charge in [-0.15, -0.1) is 11.8 Å². The van der Waals surface area contributed by atoms with Crippen molar-refractivity contribution in [1.82, 2.24) is 9.97 Å². The molecule has 3 unspecified atom stereocenters. The van der Waals surface area contributed by atoms with Gasteiger partial charge in [0.05, 0.1) is 16.6 Å². The quantitative estimate of drug-likeness (QED) is 0.905. The number of aromatic carboxylic acids is 1. The van der Waals surface area contributed by atoms with Gasteiger partial charge in [-0.2, -0.15) is 11.8 Å². The van der Waals surface area contributed by atoms with E-state index in [-0.39, 0.29) is 10.8 Å².